The molecule has 17 heavy (non-hydrogen) atoms. The summed E-state index contributed by atoms with van der Waals surface area (Å²) < 4.78 is 0. The van der Waals surface area contributed by atoms with E-state index in [0.717, 1.165) is 23.8 Å². The Morgan fingerprint density at radius 2 is 2.18 bits per heavy atom. The van der Waals surface area contributed by atoms with Gasteiger partial charge in [0.05, 0.1) is 0 Å². The molecule has 0 saturated carbocycles. The normalized spacial score (nSPS) is 10.5. The molecule has 1 heterocycles. The maximum Gasteiger partial charge on any atom is 0.125 e. The minimum Gasteiger partial charge on any atom is -0.389 e. The number of hydrogen-bond donors (Lipinski definition) is 2. The molecule has 0 aliphatic heterocycles. The Morgan fingerprint density at radius 3 is 2.71 bits per heavy atom. The van der Waals surface area contributed by atoms with Gasteiger partial charge in [-0.3, -0.25) is 0 Å². The summed E-state index contributed by atoms with van der Waals surface area (Å²) in [6.07, 6.45) is 5.43. The van der Waals surface area contributed by atoms with E-state index in [1.54, 1.807) is 6.20 Å². The molecule has 0 fully saturated rings. The van der Waals surface area contributed by atoms with Crippen molar-refractivity contribution in [3.05, 3.63) is 23.9 Å². The van der Waals surface area contributed by atoms with E-state index in [4.69, 9.17) is 18.0 Å². The molecule has 1 aromatic heterocycles. The lowest BCUT2D eigenvalue weighted by molar-refractivity contribution is 0.544. The highest BCUT2D eigenvalue weighted by molar-refractivity contribution is 7.80. The van der Waals surface area contributed by atoms with Crippen molar-refractivity contribution in [2.24, 2.45) is 11.7 Å². The Balaban J connectivity index is 2.25. The predicted octanol–water partition coefficient (Wildman–Crippen LogP) is 2.95. The van der Waals surface area contributed by atoms with E-state index >= 15 is 0 Å². The van der Waals surface area contributed by atoms with E-state index in [2.05, 4.69) is 24.1 Å². The molecular formula is C13H21N3S. The molecule has 94 valence electrons. The molecule has 0 saturated heterocycles. The SMILES string of the molecule is CC(C)CCCCNc1ccc(C(N)=S)cn1. The lowest BCUT2D eigenvalue weighted by Crippen LogP contribution is -2.10. The third kappa shape index (κ3) is 5.63. The minimum absolute atomic E-state index is 0.390. The molecule has 0 radical (unpaired) electrons. The monoisotopic (exact) mass is 251 g/mol. The van der Waals surface area contributed by atoms with Crippen LogP contribution in [0.2, 0.25) is 0 Å². The average Bonchev–Trinajstić information content (AvgIpc) is 2.29. The lowest BCUT2D eigenvalue weighted by atomic mass is 10.1. The van der Waals surface area contributed by atoms with E-state index < -0.39 is 0 Å². The van der Waals surface area contributed by atoms with Crippen LogP contribution in [0.1, 0.15) is 38.7 Å². The number of thiocarbonyl (C=S) groups is 1. The third-order valence-electron chi connectivity index (χ3n) is 2.56. The van der Waals surface area contributed by atoms with Crippen molar-refractivity contribution in [2.75, 3.05) is 11.9 Å². The molecule has 0 amide bonds. The van der Waals surface area contributed by atoms with Gasteiger partial charge in [-0.05, 0) is 24.5 Å². The fourth-order valence-electron chi connectivity index (χ4n) is 1.54. The maximum atomic E-state index is 5.50. The van der Waals surface area contributed by atoms with Gasteiger partial charge < -0.3 is 11.1 Å². The molecular weight excluding hydrogens is 230 g/mol. The molecule has 0 aliphatic carbocycles. The summed E-state index contributed by atoms with van der Waals surface area (Å²) in [5, 5.41) is 3.29. The molecule has 0 unspecified atom stereocenters. The molecule has 3 nitrogen and oxygen atoms in total. The van der Waals surface area contributed by atoms with Crippen molar-refractivity contribution < 1.29 is 0 Å². The number of nitrogens with zero attached hydrogens (tertiary/aromatic N) is 1. The van der Waals surface area contributed by atoms with E-state index in [0.29, 0.717) is 4.99 Å². The van der Waals surface area contributed by atoms with Crippen LogP contribution in [0.3, 0.4) is 0 Å². The first kappa shape index (κ1) is 13.9. The summed E-state index contributed by atoms with van der Waals surface area (Å²) in [6, 6.07) is 3.81. The molecule has 3 N–H and O–H groups in total. The highest BCUT2D eigenvalue weighted by Crippen LogP contribution is 2.08. The van der Waals surface area contributed by atoms with Gasteiger partial charge in [-0.15, -0.1) is 0 Å². The lowest BCUT2D eigenvalue weighted by Gasteiger charge is -2.07. The summed E-state index contributed by atoms with van der Waals surface area (Å²) in [4.78, 5) is 4.64. The van der Waals surface area contributed by atoms with Crippen molar-refractivity contribution in [1.82, 2.24) is 4.98 Å². The van der Waals surface area contributed by atoms with Crippen LogP contribution in [0.5, 0.6) is 0 Å². The van der Waals surface area contributed by atoms with Crippen molar-refractivity contribution in [3.63, 3.8) is 0 Å². The fourth-order valence-corrected chi connectivity index (χ4v) is 1.66. The predicted molar refractivity (Wildman–Crippen MR) is 77.3 cm³/mol. The average molecular weight is 251 g/mol. The molecule has 0 atom stereocenters. The molecule has 0 aliphatic rings. The minimum atomic E-state index is 0.390. The van der Waals surface area contributed by atoms with Gasteiger partial charge in [0.15, 0.2) is 0 Å². The smallest absolute Gasteiger partial charge is 0.125 e. The van der Waals surface area contributed by atoms with Gasteiger partial charge in [-0.1, -0.05) is 38.9 Å². The first-order valence-electron chi connectivity index (χ1n) is 6.09. The van der Waals surface area contributed by atoms with E-state index in [-0.39, 0.29) is 0 Å². The van der Waals surface area contributed by atoms with E-state index in [9.17, 15) is 0 Å². The quantitative estimate of drug-likeness (QED) is 0.578. The maximum absolute atomic E-state index is 5.50. The summed E-state index contributed by atoms with van der Waals surface area (Å²) >= 11 is 4.87. The van der Waals surface area contributed by atoms with Gasteiger partial charge in [0.1, 0.15) is 10.8 Å². The first-order chi connectivity index (χ1) is 8.09. The zero-order valence-corrected chi connectivity index (χ0v) is 11.4. The topological polar surface area (TPSA) is 50.9 Å². The van der Waals surface area contributed by atoms with Gasteiger partial charge in [-0.25, -0.2) is 4.98 Å². The molecule has 0 aromatic carbocycles. The number of hydrogen-bond acceptors (Lipinski definition) is 3. The van der Waals surface area contributed by atoms with Crippen LogP contribution < -0.4 is 11.1 Å². The molecule has 0 bridgehead atoms. The summed E-state index contributed by atoms with van der Waals surface area (Å²) in [6.45, 7) is 5.47. The number of nitrogens with two attached hydrogens (primary N) is 1. The van der Waals surface area contributed by atoms with Gasteiger partial charge in [-0.2, -0.15) is 0 Å². The summed E-state index contributed by atoms with van der Waals surface area (Å²) in [5.41, 5.74) is 6.31. The van der Waals surface area contributed by atoms with Crippen LogP contribution in [0.15, 0.2) is 18.3 Å². The van der Waals surface area contributed by atoms with Crippen LogP contribution in [-0.4, -0.2) is 16.5 Å². The van der Waals surface area contributed by atoms with Crippen LogP contribution in [-0.2, 0) is 0 Å². The molecule has 4 heteroatoms. The van der Waals surface area contributed by atoms with Gasteiger partial charge >= 0.3 is 0 Å². The highest BCUT2D eigenvalue weighted by atomic mass is 32.1. The fraction of sp³-hybridized carbons (Fsp3) is 0.538. The number of rotatable bonds is 7. The van der Waals surface area contributed by atoms with Gasteiger partial charge in [0, 0.05) is 18.3 Å². The van der Waals surface area contributed by atoms with Crippen molar-refractivity contribution in [2.45, 2.75) is 33.1 Å². The van der Waals surface area contributed by atoms with Crippen molar-refractivity contribution in [3.8, 4) is 0 Å². The van der Waals surface area contributed by atoms with Crippen LogP contribution in [0.25, 0.3) is 0 Å². The second-order valence-electron chi connectivity index (χ2n) is 4.61. The Morgan fingerprint density at radius 1 is 1.41 bits per heavy atom. The Kier molecular flexibility index (Phi) is 5.91. The first-order valence-corrected chi connectivity index (χ1v) is 6.50. The molecule has 0 spiro atoms. The van der Waals surface area contributed by atoms with Gasteiger partial charge in [0.25, 0.3) is 0 Å². The Labute approximate surface area is 109 Å². The number of pyridine rings is 1. The molecule has 1 rings (SSSR count). The zero-order chi connectivity index (χ0) is 12.7. The third-order valence-corrected chi connectivity index (χ3v) is 2.80. The molecule has 1 aromatic rings. The van der Waals surface area contributed by atoms with Crippen molar-refractivity contribution in [1.29, 1.82) is 0 Å². The van der Waals surface area contributed by atoms with E-state index in [1.807, 2.05) is 12.1 Å². The number of aromatic nitrogens is 1. The second-order valence-corrected chi connectivity index (χ2v) is 5.05. The van der Waals surface area contributed by atoms with Crippen molar-refractivity contribution >= 4 is 23.0 Å². The largest absolute Gasteiger partial charge is 0.389 e. The Hall–Kier alpha value is -1.16. The van der Waals surface area contributed by atoms with Crippen LogP contribution in [0, 0.1) is 5.92 Å². The van der Waals surface area contributed by atoms with Crippen LogP contribution in [0.4, 0.5) is 5.82 Å². The number of anilines is 1. The van der Waals surface area contributed by atoms with E-state index in [1.165, 1.54) is 19.3 Å². The number of nitrogens with one attached hydrogen (secondary N) is 1. The second kappa shape index (κ2) is 7.22. The zero-order valence-electron chi connectivity index (χ0n) is 10.6. The summed E-state index contributed by atoms with van der Waals surface area (Å²) in [5.74, 6) is 1.67. The van der Waals surface area contributed by atoms with Gasteiger partial charge in [0.2, 0.25) is 0 Å². The Bertz CT molecular complexity index is 346. The standard InChI is InChI=1S/C13H21N3S/c1-10(2)5-3-4-8-15-12-7-6-11(9-16-12)13(14)17/h6-7,9-10H,3-5,8H2,1-2H3,(H2,14,17)(H,15,16). The van der Waals surface area contributed by atoms with Crippen LogP contribution >= 0.6 is 12.2 Å². The highest BCUT2D eigenvalue weighted by Gasteiger charge is 1.98. The number of unbranched alkanes of at least 4 members (excludes halogenated alkanes) is 1. The summed E-state index contributed by atoms with van der Waals surface area (Å²) in [7, 11) is 0.